The van der Waals surface area contributed by atoms with E-state index in [1.165, 1.54) is 5.56 Å². The van der Waals surface area contributed by atoms with Gasteiger partial charge in [-0.15, -0.1) is 0 Å². The number of carbonyl (C=O) groups is 1. The SMILES string of the molecule is CCC(NC(=O)C1CCN(Cc2nc(-c3ccc(C)cc3)no2)CC1)c1ccc(OC)c(OC)c1. The molecule has 1 fully saturated rings. The normalized spacial score (nSPS) is 15.5. The monoisotopic (exact) mass is 478 g/mol. The second kappa shape index (κ2) is 11.4. The van der Waals surface area contributed by atoms with Gasteiger partial charge in [0.05, 0.1) is 26.8 Å². The molecule has 1 amide bonds. The van der Waals surface area contributed by atoms with Gasteiger partial charge in [0, 0.05) is 11.5 Å². The number of aryl methyl sites for hydroxylation is 1. The average molecular weight is 479 g/mol. The molecule has 35 heavy (non-hydrogen) atoms. The molecule has 0 aliphatic carbocycles. The van der Waals surface area contributed by atoms with Crippen molar-refractivity contribution in [3.8, 4) is 22.9 Å². The van der Waals surface area contributed by atoms with Gasteiger partial charge in [-0.05, 0) is 57.0 Å². The first-order valence-electron chi connectivity index (χ1n) is 12.1. The van der Waals surface area contributed by atoms with Crippen molar-refractivity contribution in [2.75, 3.05) is 27.3 Å². The van der Waals surface area contributed by atoms with E-state index in [0.29, 0.717) is 29.8 Å². The maximum atomic E-state index is 13.0. The van der Waals surface area contributed by atoms with Crippen LogP contribution < -0.4 is 14.8 Å². The van der Waals surface area contributed by atoms with E-state index in [4.69, 9.17) is 14.0 Å². The number of piperidine rings is 1. The Labute approximate surface area is 206 Å². The molecule has 0 bridgehead atoms. The van der Waals surface area contributed by atoms with Gasteiger partial charge in [0.1, 0.15) is 0 Å². The van der Waals surface area contributed by atoms with Crippen LogP contribution in [0.25, 0.3) is 11.4 Å². The minimum absolute atomic E-state index is 0.00810. The summed E-state index contributed by atoms with van der Waals surface area (Å²) in [5.41, 5.74) is 3.15. The third kappa shape index (κ3) is 6.00. The van der Waals surface area contributed by atoms with Gasteiger partial charge < -0.3 is 19.3 Å². The third-order valence-corrected chi connectivity index (χ3v) is 6.63. The highest BCUT2D eigenvalue weighted by Gasteiger charge is 2.27. The summed E-state index contributed by atoms with van der Waals surface area (Å²) >= 11 is 0. The lowest BCUT2D eigenvalue weighted by Gasteiger charge is -2.31. The van der Waals surface area contributed by atoms with Crippen LogP contribution in [-0.4, -0.2) is 48.3 Å². The summed E-state index contributed by atoms with van der Waals surface area (Å²) in [5.74, 6) is 2.64. The number of aromatic nitrogens is 2. The summed E-state index contributed by atoms with van der Waals surface area (Å²) < 4.78 is 16.2. The number of hydrogen-bond donors (Lipinski definition) is 1. The second-order valence-corrected chi connectivity index (χ2v) is 9.01. The predicted molar refractivity (Wildman–Crippen MR) is 133 cm³/mol. The number of hydrogen-bond acceptors (Lipinski definition) is 7. The molecule has 8 nitrogen and oxygen atoms in total. The molecule has 1 aromatic heterocycles. The number of amides is 1. The second-order valence-electron chi connectivity index (χ2n) is 9.01. The van der Waals surface area contributed by atoms with Gasteiger partial charge in [-0.25, -0.2) is 0 Å². The first-order chi connectivity index (χ1) is 17.0. The maximum Gasteiger partial charge on any atom is 0.241 e. The van der Waals surface area contributed by atoms with Crippen LogP contribution in [0, 0.1) is 12.8 Å². The Hall–Kier alpha value is -3.39. The number of likely N-dealkylation sites (tertiary alicyclic amines) is 1. The fraction of sp³-hybridized carbons (Fsp3) is 0.444. The van der Waals surface area contributed by atoms with Crippen molar-refractivity contribution in [3.63, 3.8) is 0 Å². The standard InChI is InChI=1S/C27H34N4O4/c1-5-22(21-10-11-23(33-3)24(16-21)34-4)28-27(32)20-12-14-31(15-13-20)17-25-29-26(30-35-25)19-8-6-18(2)7-9-19/h6-11,16,20,22H,5,12-15,17H2,1-4H3,(H,28,32). The number of rotatable bonds is 9. The third-order valence-electron chi connectivity index (χ3n) is 6.63. The first kappa shape index (κ1) is 24.7. The van der Waals surface area contributed by atoms with Crippen LogP contribution >= 0.6 is 0 Å². The molecule has 1 aliphatic heterocycles. The molecule has 0 spiro atoms. The Kier molecular flexibility index (Phi) is 8.02. The Balaban J connectivity index is 1.30. The zero-order valence-electron chi connectivity index (χ0n) is 20.9. The average Bonchev–Trinajstić information content (AvgIpc) is 3.36. The van der Waals surface area contributed by atoms with Crippen LogP contribution in [0.2, 0.25) is 0 Å². The molecular formula is C27H34N4O4. The lowest BCUT2D eigenvalue weighted by Crippen LogP contribution is -2.41. The Morgan fingerprint density at radius 1 is 1.11 bits per heavy atom. The van der Waals surface area contributed by atoms with E-state index in [9.17, 15) is 4.79 Å². The fourth-order valence-electron chi connectivity index (χ4n) is 4.46. The van der Waals surface area contributed by atoms with Crippen LogP contribution in [0.4, 0.5) is 0 Å². The van der Waals surface area contributed by atoms with Crippen molar-refractivity contribution >= 4 is 5.91 Å². The van der Waals surface area contributed by atoms with Crippen LogP contribution in [-0.2, 0) is 11.3 Å². The molecule has 0 saturated carbocycles. The summed E-state index contributed by atoms with van der Waals surface area (Å²) in [4.78, 5) is 19.9. The fourth-order valence-corrected chi connectivity index (χ4v) is 4.46. The van der Waals surface area contributed by atoms with E-state index < -0.39 is 0 Å². The number of nitrogens with zero attached hydrogens (tertiary/aromatic N) is 3. The smallest absolute Gasteiger partial charge is 0.241 e. The largest absolute Gasteiger partial charge is 0.493 e. The van der Waals surface area contributed by atoms with Gasteiger partial charge in [-0.2, -0.15) is 4.98 Å². The highest BCUT2D eigenvalue weighted by molar-refractivity contribution is 5.79. The van der Waals surface area contributed by atoms with E-state index in [0.717, 1.165) is 43.5 Å². The Morgan fingerprint density at radius 3 is 2.49 bits per heavy atom. The summed E-state index contributed by atoms with van der Waals surface area (Å²) in [6.45, 7) is 6.34. The van der Waals surface area contributed by atoms with Crippen molar-refractivity contribution in [2.24, 2.45) is 5.92 Å². The topological polar surface area (TPSA) is 89.7 Å². The molecule has 1 aliphatic rings. The van der Waals surface area contributed by atoms with Crippen molar-refractivity contribution in [1.82, 2.24) is 20.4 Å². The zero-order valence-corrected chi connectivity index (χ0v) is 20.9. The van der Waals surface area contributed by atoms with Gasteiger partial charge >= 0.3 is 0 Å². The molecule has 3 aromatic rings. The van der Waals surface area contributed by atoms with Crippen LogP contribution in [0.1, 0.15) is 49.2 Å². The highest BCUT2D eigenvalue weighted by Crippen LogP contribution is 2.31. The van der Waals surface area contributed by atoms with Gasteiger partial charge in [-0.1, -0.05) is 48.0 Å². The number of methoxy groups -OCH3 is 2. The van der Waals surface area contributed by atoms with E-state index >= 15 is 0 Å². The van der Waals surface area contributed by atoms with Crippen molar-refractivity contribution in [1.29, 1.82) is 0 Å². The number of benzene rings is 2. The molecule has 1 atom stereocenters. The van der Waals surface area contributed by atoms with E-state index in [-0.39, 0.29) is 17.9 Å². The number of carbonyl (C=O) groups excluding carboxylic acids is 1. The maximum absolute atomic E-state index is 13.0. The minimum Gasteiger partial charge on any atom is -0.493 e. The van der Waals surface area contributed by atoms with Gasteiger partial charge in [0.15, 0.2) is 11.5 Å². The summed E-state index contributed by atoms with van der Waals surface area (Å²) in [5, 5.41) is 7.36. The lowest BCUT2D eigenvalue weighted by molar-refractivity contribution is -0.127. The van der Waals surface area contributed by atoms with Crippen molar-refractivity contribution < 1.29 is 18.8 Å². The van der Waals surface area contributed by atoms with Gasteiger partial charge in [-0.3, -0.25) is 9.69 Å². The summed E-state index contributed by atoms with van der Waals surface area (Å²) in [6, 6.07) is 13.8. The van der Waals surface area contributed by atoms with E-state index in [2.05, 4.69) is 27.3 Å². The van der Waals surface area contributed by atoms with Crippen molar-refractivity contribution in [2.45, 2.75) is 45.7 Å². The molecular weight excluding hydrogens is 444 g/mol. The summed E-state index contributed by atoms with van der Waals surface area (Å²) in [7, 11) is 3.23. The van der Waals surface area contributed by atoms with Gasteiger partial charge in [0.2, 0.25) is 17.6 Å². The van der Waals surface area contributed by atoms with E-state index in [1.807, 2.05) is 49.4 Å². The Bertz CT molecular complexity index is 1120. The molecule has 1 N–H and O–H groups in total. The predicted octanol–water partition coefficient (Wildman–Crippen LogP) is 4.54. The molecule has 1 unspecified atom stereocenters. The molecule has 8 heteroatoms. The lowest BCUT2D eigenvalue weighted by atomic mass is 9.94. The van der Waals surface area contributed by atoms with Crippen LogP contribution in [0.3, 0.4) is 0 Å². The molecule has 0 radical (unpaired) electrons. The highest BCUT2D eigenvalue weighted by atomic mass is 16.5. The van der Waals surface area contributed by atoms with E-state index in [1.54, 1.807) is 14.2 Å². The molecule has 2 heterocycles. The molecule has 186 valence electrons. The molecule has 2 aromatic carbocycles. The van der Waals surface area contributed by atoms with Crippen LogP contribution in [0.5, 0.6) is 11.5 Å². The van der Waals surface area contributed by atoms with Crippen molar-refractivity contribution in [3.05, 3.63) is 59.5 Å². The zero-order chi connectivity index (χ0) is 24.8. The van der Waals surface area contributed by atoms with Gasteiger partial charge in [0.25, 0.3) is 0 Å². The Morgan fingerprint density at radius 2 is 1.83 bits per heavy atom. The number of ether oxygens (including phenoxy) is 2. The first-order valence-corrected chi connectivity index (χ1v) is 12.1. The summed E-state index contributed by atoms with van der Waals surface area (Å²) in [6.07, 6.45) is 2.39. The number of nitrogens with one attached hydrogen (secondary N) is 1. The minimum atomic E-state index is -0.0704. The molecule has 4 rings (SSSR count). The quantitative estimate of drug-likeness (QED) is 0.483. The van der Waals surface area contributed by atoms with Crippen LogP contribution in [0.15, 0.2) is 47.0 Å². The molecule has 1 saturated heterocycles.